The predicted octanol–water partition coefficient (Wildman–Crippen LogP) is 5.64. The molecule has 6 nitrogen and oxygen atoms in total. The molecule has 1 aliphatic heterocycles. The number of aliphatic imine (C=N–C) groups is 1. The summed E-state index contributed by atoms with van der Waals surface area (Å²) in [6.07, 6.45) is 1.01. The minimum Gasteiger partial charge on any atom is -0.494 e. The van der Waals surface area contributed by atoms with Crippen molar-refractivity contribution in [3.8, 4) is 5.75 Å². The molecule has 0 unspecified atom stereocenters. The number of nitrogens with zero attached hydrogens (tertiary/aromatic N) is 2. The van der Waals surface area contributed by atoms with Gasteiger partial charge in [-0.25, -0.2) is 4.99 Å². The topological polar surface area (TPSA) is 71.0 Å². The molecule has 0 bridgehead atoms. The smallest absolute Gasteiger partial charge is 0.238 e. The summed E-state index contributed by atoms with van der Waals surface area (Å²) in [5.74, 6) is 0.356. The highest BCUT2D eigenvalue weighted by atomic mass is 32.2. The van der Waals surface area contributed by atoms with Crippen LogP contribution in [0.3, 0.4) is 0 Å². The Balaban J connectivity index is 1.54. The number of amides is 2. The lowest BCUT2D eigenvalue weighted by Crippen LogP contribution is -2.45. The molecule has 33 heavy (non-hydrogen) atoms. The SMILES string of the molecule is CCCOc1ccc(NC(=O)[C@H]2CC(=O)N(c3ccccc3)C(=Nc3ccccc3)S2)cc1. The van der Waals surface area contributed by atoms with Gasteiger partial charge in [0.15, 0.2) is 5.17 Å². The predicted molar refractivity (Wildman–Crippen MR) is 134 cm³/mol. The summed E-state index contributed by atoms with van der Waals surface area (Å²) < 4.78 is 5.59. The van der Waals surface area contributed by atoms with Crippen molar-refractivity contribution in [2.75, 3.05) is 16.8 Å². The number of carbonyl (C=O) groups is 2. The van der Waals surface area contributed by atoms with Crippen molar-refractivity contribution in [2.24, 2.45) is 4.99 Å². The molecular weight excluding hydrogens is 434 g/mol. The minimum atomic E-state index is -0.587. The van der Waals surface area contributed by atoms with Crippen LogP contribution >= 0.6 is 11.8 Å². The molecule has 0 radical (unpaired) electrons. The van der Waals surface area contributed by atoms with Crippen LogP contribution in [0, 0.1) is 0 Å². The van der Waals surface area contributed by atoms with E-state index in [2.05, 4.69) is 5.32 Å². The molecule has 0 aromatic heterocycles. The van der Waals surface area contributed by atoms with Crippen molar-refractivity contribution < 1.29 is 14.3 Å². The average Bonchev–Trinajstić information content (AvgIpc) is 2.84. The molecule has 1 saturated heterocycles. The van der Waals surface area contributed by atoms with Gasteiger partial charge in [-0.2, -0.15) is 0 Å². The molecule has 1 atom stereocenters. The fraction of sp³-hybridized carbons (Fsp3) is 0.192. The Hall–Kier alpha value is -3.58. The highest BCUT2D eigenvalue weighted by Gasteiger charge is 2.36. The number of ether oxygens (including phenoxy) is 1. The van der Waals surface area contributed by atoms with Crippen LogP contribution in [0.2, 0.25) is 0 Å². The molecule has 3 aromatic rings. The van der Waals surface area contributed by atoms with Crippen molar-refractivity contribution in [3.05, 3.63) is 84.9 Å². The van der Waals surface area contributed by atoms with Gasteiger partial charge >= 0.3 is 0 Å². The molecule has 1 heterocycles. The molecule has 168 valence electrons. The Morgan fingerprint density at radius 1 is 1.03 bits per heavy atom. The Bertz CT molecular complexity index is 1120. The number of hydrogen-bond acceptors (Lipinski definition) is 5. The van der Waals surface area contributed by atoms with Gasteiger partial charge in [0.1, 0.15) is 11.0 Å². The molecule has 1 fully saturated rings. The number of amidine groups is 1. The Kier molecular flexibility index (Phi) is 7.42. The highest BCUT2D eigenvalue weighted by molar-refractivity contribution is 8.15. The summed E-state index contributed by atoms with van der Waals surface area (Å²) in [5, 5.41) is 2.81. The van der Waals surface area contributed by atoms with Crippen LogP contribution in [0.15, 0.2) is 89.9 Å². The standard InChI is InChI=1S/C26H25N3O3S/c1-2-17-32-22-15-13-20(14-16-22)27-25(31)23-18-24(30)29(21-11-7-4-8-12-21)26(33-23)28-19-9-5-3-6-10-19/h3-16,23H,2,17-18H2,1H3,(H,27,31)/t23-/m1/s1. The number of rotatable bonds is 7. The van der Waals surface area contributed by atoms with E-state index in [1.807, 2.05) is 79.7 Å². The number of para-hydroxylation sites is 2. The maximum Gasteiger partial charge on any atom is 0.238 e. The second-order valence-electron chi connectivity index (χ2n) is 7.47. The third kappa shape index (κ3) is 5.81. The van der Waals surface area contributed by atoms with Gasteiger partial charge in [-0.3, -0.25) is 14.5 Å². The molecule has 2 amide bonds. The van der Waals surface area contributed by atoms with Crippen LogP contribution in [-0.2, 0) is 9.59 Å². The summed E-state index contributed by atoms with van der Waals surface area (Å²) >= 11 is 1.29. The van der Waals surface area contributed by atoms with Crippen molar-refractivity contribution in [1.82, 2.24) is 0 Å². The Morgan fingerprint density at radius 3 is 2.36 bits per heavy atom. The monoisotopic (exact) mass is 459 g/mol. The summed E-state index contributed by atoms with van der Waals surface area (Å²) in [5.41, 5.74) is 2.10. The number of hydrogen-bond donors (Lipinski definition) is 1. The summed E-state index contributed by atoms with van der Waals surface area (Å²) in [6, 6.07) is 26.0. The Labute approximate surface area is 197 Å². The molecule has 0 aliphatic carbocycles. The van der Waals surface area contributed by atoms with E-state index in [4.69, 9.17) is 9.73 Å². The van der Waals surface area contributed by atoms with Crippen molar-refractivity contribution in [2.45, 2.75) is 25.0 Å². The van der Waals surface area contributed by atoms with Gasteiger partial charge in [-0.15, -0.1) is 0 Å². The molecule has 7 heteroatoms. The zero-order valence-electron chi connectivity index (χ0n) is 18.3. The second-order valence-corrected chi connectivity index (χ2v) is 8.64. The number of nitrogens with one attached hydrogen (secondary N) is 1. The first-order valence-electron chi connectivity index (χ1n) is 10.9. The summed E-state index contributed by atoms with van der Waals surface area (Å²) in [6.45, 7) is 2.69. The quantitative estimate of drug-likeness (QED) is 0.496. The number of benzene rings is 3. The summed E-state index contributed by atoms with van der Waals surface area (Å²) in [4.78, 5) is 32.4. The number of thioether (sulfide) groups is 1. The molecule has 0 spiro atoms. The van der Waals surface area contributed by atoms with E-state index in [-0.39, 0.29) is 18.2 Å². The van der Waals surface area contributed by atoms with Gasteiger partial charge < -0.3 is 10.1 Å². The zero-order valence-corrected chi connectivity index (χ0v) is 19.1. The van der Waals surface area contributed by atoms with E-state index in [1.54, 1.807) is 17.0 Å². The van der Waals surface area contributed by atoms with E-state index in [1.165, 1.54) is 11.8 Å². The normalized spacial score (nSPS) is 17.1. The number of anilines is 2. The lowest BCUT2D eigenvalue weighted by Gasteiger charge is -2.31. The van der Waals surface area contributed by atoms with E-state index >= 15 is 0 Å². The van der Waals surface area contributed by atoms with Crippen molar-refractivity contribution in [3.63, 3.8) is 0 Å². The first-order chi connectivity index (χ1) is 16.1. The average molecular weight is 460 g/mol. The fourth-order valence-electron chi connectivity index (χ4n) is 3.32. The van der Waals surface area contributed by atoms with E-state index in [0.717, 1.165) is 23.5 Å². The molecule has 4 rings (SSSR count). The third-order valence-corrected chi connectivity index (χ3v) is 6.08. The van der Waals surface area contributed by atoms with Gasteiger partial charge in [-0.1, -0.05) is 55.1 Å². The molecule has 3 aromatic carbocycles. The van der Waals surface area contributed by atoms with Gasteiger partial charge in [0.2, 0.25) is 11.8 Å². The van der Waals surface area contributed by atoms with Gasteiger partial charge in [0.05, 0.1) is 18.0 Å². The van der Waals surface area contributed by atoms with Gasteiger partial charge in [-0.05, 0) is 55.0 Å². The van der Waals surface area contributed by atoms with Crippen molar-refractivity contribution in [1.29, 1.82) is 0 Å². The van der Waals surface area contributed by atoms with E-state index < -0.39 is 5.25 Å². The van der Waals surface area contributed by atoms with E-state index in [0.29, 0.717) is 17.5 Å². The fourth-order valence-corrected chi connectivity index (χ4v) is 4.44. The second kappa shape index (κ2) is 10.8. The van der Waals surface area contributed by atoms with Gasteiger partial charge in [0, 0.05) is 12.1 Å². The third-order valence-electron chi connectivity index (χ3n) is 4.93. The first-order valence-corrected chi connectivity index (χ1v) is 11.7. The maximum atomic E-state index is 13.1. The van der Waals surface area contributed by atoms with E-state index in [9.17, 15) is 9.59 Å². The molecular formula is C26H25N3O3S. The van der Waals surface area contributed by atoms with Crippen molar-refractivity contribution >= 4 is 45.8 Å². The van der Waals surface area contributed by atoms with Crippen LogP contribution < -0.4 is 15.0 Å². The molecule has 1 N–H and O–H groups in total. The van der Waals surface area contributed by atoms with Crippen LogP contribution in [-0.4, -0.2) is 28.8 Å². The van der Waals surface area contributed by atoms with Crippen LogP contribution in [0.25, 0.3) is 0 Å². The van der Waals surface area contributed by atoms with Crippen LogP contribution in [0.1, 0.15) is 19.8 Å². The minimum absolute atomic E-state index is 0.0803. The summed E-state index contributed by atoms with van der Waals surface area (Å²) in [7, 11) is 0. The van der Waals surface area contributed by atoms with Crippen LogP contribution in [0.5, 0.6) is 5.75 Å². The maximum absolute atomic E-state index is 13.1. The lowest BCUT2D eigenvalue weighted by atomic mass is 10.2. The largest absolute Gasteiger partial charge is 0.494 e. The lowest BCUT2D eigenvalue weighted by molar-refractivity contribution is -0.121. The highest BCUT2D eigenvalue weighted by Crippen LogP contribution is 2.33. The van der Waals surface area contributed by atoms with Crippen LogP contribution in [0.4, 0.5) is 17.1 Å². The van der Waals surface area contributed by atoms with Gasteiger partial charge in [0.25, 0.3) is 0 Å². The molecule has 1 aliphatic rings. The number of carbonyl (C=O) groups excluding carboxylic acids is 2. The first kappa shape index (κ1) is 22.6. The molecule has 0 saturated carbocycles. The zero-order chi connectivity index (χ0) is 23.0. The Morgan fingerprint density at radius 2 is 1.70 bits per heavy atom.